The summed E-state index contributed by atoms with van der Waals surface area (Å²) in [5, 5.41) is 18.5. The molecule has 2 aromatic heterocycles. The minimum Gasteiger partial charge on any atom is -0.617 e. The standard InChI is InChI=1S/C18H21FN4O2S/c1-18(2,11-26(3)25)21-17(24)13-6-7-15(19)16-14(13)10-23(22-16)12-5-4-8-20-9-12/h4-10,17,21,24H,11H2,1-3H3. The molecule has 2 atom stereocenters. The summed E-state index contributed by atoms with van der Waals surface area (Å²) in [5.74, 6) is -0.0869. The quantitative estimate of drug-likeness (QED) is 0.509. The van der Waals surface area contributed by atoms with Crippen LogP contribution in [0.4, 0.5) is 4.39 Å². The van der Waals surface area contributed by atoms with Gasteiger partial charge >= 0.3 is 0 Å². The lowest BCUT2D eigenvalue weighted by Crippen LogP contribution is -2.46. The zero-order valence-corrected chi connectivity index (χ0v) is 15.6. The van der Waals surface area contributed by atoms with Crippen LogP contribution in [0.3, 0.4) is 0 Å². The Morgan fingerprint density at radius 3 is 2.81 bits per heavy atom. The van der Waals surface area contributed by atoms with Gasteiger partial charge in [0.2, 0.25) is 0 Å². The van der Waals surface area contributed by atoms with Crippen molar-refractivity contribution in [1.82, 2.24) is 20.1 Å². The van der Waals surface area contributed by atoms with Crippen molar-refractivity contribution in [3.05, 3.63) is 54.2 Å². The van der Waals surface area contributed by atoms with E-state index in [2.05, 4.69) is 15.4 Å². The van der Waals surface area contributed by atoms with E-state index in [1.54, 1.807) is 30.9 Å². The number of nitrogens with one attached hydrogen (secondary N) is 1. The number of benzene rings is 1. The number of aliphatic hydroxyl groups is 1. The Morgan fingerprint density at radius 2 is 2.15 bits per heavy atom. The molecule has 8 heteroatoms. The number of hydrogen-bond acceptors (Lipinski definition) is 5. The molecule has 0 amide bonds. The minimum atomic E-state index is -1.05. The van der Waals surface area contributed by atoms with Crippen molar-refractivity contribution in [2.75, 3.05) is 12.0 Å². The molecule has 0 aliphatic rings. The fourth-order valence-electron chi connectivity index (χ4n) is 2.95. The summed E-state index contributed by atoms with van der Waals surface area (Å²) in [7, 11) is 0. The van der Waals surface area contributed by atoms with Crippen molar-refractivity contribution < 1.29 is 14.0 Å². The molecular weight excluding hydrogens is 355 g/mol. The number of rotatable bonds is 6. The maximum absolute atomic E-state index is 14.2. The zero-order chi connectivity index (χ0) is 18.9. The van der Waals surface area contributed by atoms with Gasteiger partial charge in [0.05, 0.1) is 23.7 Å². The van der Waals surface area contributed by atoms with E-state index < -0.39 is 28.8 Å². The summed E-state index contributed by atoms with van der Waals surface area (Å²) in [6, 6.07) is 6.39. The predicted octanol–water partition coefficient (Wildman–Crippen LogP) is 2.30. The molecule has 0 fully saturated rings. The van der Waals surface area contributed by atoms with E-state index >= 15 is 0 Å². The third-order valence-corrected chi connectivity index (χ3v) is 5.09. The van der Waals surface area contributed by atoms with Crippen molar-refractivity contribution >= 4 is 22.1 Å². The van der Waals surface area contributed by atoms with Crippen LogP contribution < -0.4 is 5.32 Å². The lowest BCUT2D eigenvalue weighted by atomic mass is 10.0. The van der Waals surface area contributed by atoms with E-state index in [1.807, 2.05) is 19.9 Å². The average molecular weight is 376 g/mol. The highest BCUT2D eigenvalue weighted by Gasteiger charge is 2.27. The first-order valence-corrected chi connectivity index (χ1v) is 9.83. The predicted molar refractivity (Wildman–Crippen MR) is 99.9 cm³/mol. The highest BCUT2D eigenvalue weighted by atomic mass is 32.2. The molecule has 2 heterocycles. The van der Waals surface area contributed by atoms with E-state index in [-0.39, 0.29) is 5.52 Å². The van der Waals surface area contributed by atoms with Crippen molar-refractivity contribution in [3.8, 4) is 5.69 Å². The van der Waals surface area contributed by atoms with Crippen LogP contribution in [0.1, 0.15) is 25.6 Å². The van der Waals surface area contributed by atoms with Crippen LogP contribution in [0.25, 0.3) is 16.6 Å². The molecule has 3 rings (SSSR count). The molecule has 0 spiro atoms. The highest BCUT2D eigenvalue weighted by Crippen LogP contribution is 2.27. The molecule has 0 bridgehead atoms. The fraction of sp³-hybridized carbons (Fsp3) is 0.333. The van der Waals surface area contributed by atoms with Crippen LogP contribution in [0.5, 0.6) is 0 Å². The summed E-state index contributed by atoms with van der Waals surface area (Å²) < 4.78 is 27.3. The SMILES string of the molecule is C[S+]([O-])CC(C)(C)NC(O)c1ccc(F)c2nn(-c3cccnc3)cc12. The van der Waals surface area contributed by atoms with Gasteiger partial charge < -0.3 is 9.66 Å². The number of fused-ring (bicyclic) bond motifs is 1. The van der Waals surface area contributed by atoms with Gasteiger partial charge in [-0.3, -0.25) is 10.3 Å². The number of pyridine rings is 1. The topological polar surface area (TPSA) is 86.0 Å². The third-order valence-electron chi connectivity index (χ3n) is 3.96. The van der Waals surface area contributed by atoms with Gasteiger partial charge in [-0.15, -0.1) is 0 Å². The van der Waals surface area contributed by atoms with Gasteiger partial charge in [0.15, 0.2) is 5.82 Å². The molecule has 138 valence electrons. The number of aliphatic hydroxyl groups excluding tert-OH is 1. The van der Waals surface area contributed by atoms with Crippen LogP contribution in [-0.4, -0.2) is 42.0 Å². The minimum absolute atomic E-state index is 0.170. The van der Waals surface area contributed by atoms with Crippen LogP contribution in [-0.2, 0) is 11.2 Å². The van der Waals surface area contributed by atoms with Gasteiger partial charge in [0.1, 0.15) is 17.5 Å². The number of aromatic nitrogens is 3. The summed E-state index contributed by atoms with van der Waals surface area (Å²) in [6.45, 7) is 3.72. The Kier molecular flexibility index (Phi) is 5.29. The van der Waals surface area contributed by atoms with Crippen LogP contribution in [0.2, 0.25) is 0 Å². The third kappa shape index (κ3) is 4.04. The van der Waals surface area contributed by atoms with E-state index in [4.69, 9.17) is 0 Å². The molecule has 0 radical (unpaired) electrons. The van der Waals surface area contributed by atoms with Gasteiger partial charge in [0.25, 0.3) is 0 Å². The van der Waals surface area contributed by atoms with E-state index in [0.717, 1.165) is 0 Å². The first-order chi connectivity index (χ1) is 12.3. The molecule has 0 aliphatic heterocycles. The molecular formula is C18H21FN4O2S. The maximum atomic E-state index is 14.2. The normalized spacial score (nSPS) is 14.5. The van der Waals surface area contributed by atoms with Gasteiger partial charge in [-0.05, 0) is 32.0 Å². The number of nitrogens with zero attached hydrogens (tertiary/aromatic N) is 3. The van der Waals surface area contributed by atoms with Crippen molar-refractivity contribution in [3.63, 3.8) is 0 Å². The van der Waals surface area contributed by atoms with E-state index in [1.165, 1.54) is 16.8 Å². The Hall–Kier alpha value is -2.00. The van der Waals surface area contributed by atoms with E-state index in [0.29, 0.717) is 22.4 Å². The van der Waals surface area contributed by atoms with Crippen molar-refractivity contribution in [1.29, 1.82) is 0 Å². The second-order valence-corrected chi connectivity index (χ2v) is 8.27. The second-order valence-electron chi connectivity index (χ2n) is 6.83. The maximum Gasteiger partial charge on any atom is 0.151 e. The summed E-state index contributed by atoms with van der Waals surface area (Å²) in [6.07, 6.45) is 5.50. The summed E-state index contributed by atoms with van der Waals surface area (Å²) in [4.78, 5) is 4.04. The fourth-order valence-corrected chi connectivity index (χ4v) is 4.05. The lowest BCUT2D eigenvalue weighted by Gasteiger charge is -2.29. The van der Waals surface area contributed by atoms with Gasteiger partial charge in [-0.2, -0.15) is 5.10 Å². The van der Waals surface area contributed by atoms with Crippen LogP contribution in [0.15, 0.2) is 42.9 Å². The number of halogens is 1. The molecule has 2 unspecified atom stereocenters. The zero-order valence-electron chi connectivity index (χ0n) is 14.8. The average Bonchev–Trinajstić information content (AvgIpc) is 3.00. The summed E-state index contributed by atoms with van der Waals surface area (Å²) >= 11 is -1.02. The second kappa shape index (κ2) is 7.32. The molecule has 1 aromatic carbocycles. The van der Waals surface area contributed by atoms with Gasteiger partial charge in [-0.1, -0.05) is 17.2 Å². The van der Waals surface area contributed by atoms with Crippen molar-refractivity contribution in [2.24, 2.45) is 0 Å². The largest absolute Gasteiger partial charge is 0.617 e. The van der Waals surface area contributed by atoms with Crippen LogP contribution in [0, 0.1) is 5.82 Å². The Bertz CT molecular complexity index is 899. The first-order valence-electron chi connectivity index (χ1n) is 8.11. The lowest BCUT2D eigenvalue weighted by molar-refractivity contribution is 0.109. The first kappa shape index (κ1) is 18.8. The molecule has 0 aliphatic carbocycles. The molecule has 0 saturated carbocycles. The Morgan fingerprint density at radius 1 is 1.38 bits per heavy atom. The highest BCUT2D eigenvalue weighted by molar-refractivity contribution is 7.90. The Balaban J connectivity index is 1.99. The Labute approximate surface area is 154 Å². The summed E-state index contributed by atoms with van der Waals surface area (Å²) in [5.41, 5.74) is 0.813. The molecule has 2 N–H and O–H groups in total. The molecule has 3 aromatic rings. The number of hydrogen-bond donors (Lipinski definition) is 2. The molecule has 6 nitrogen and oxygen atoms in total. The molecule has 0 saturated heterocycles. The van der Waals surface area contributed by atoms with Gasteiger partial charge in [-0.25, -0.2) is 9.07 Å². The van der Waals surface area contributed by atoms with Crippen molar-refractivity contribution in [2.45, 2.75) is 25.6 Å². The smallest absolute Gasteiger partial charge is 0.151 e. The molecule has 26 heavy (non-hydrogen) atoms. The monoisotopic (exact) mass is 376 g/mol. The van der Waals surface area contributed by atoms with Gasteiger partial charge in [0, 0.05) is 23.3 Å². The van der Waals surface area contributed by atoms with Crippen LogP contribution >= 0.6 is 0 Å². The van der Waals surface area contributed by atoms with E-state index in [9.17, 15) is 14.0 Å².